The number of quaternary nitrogens is 1. The largest absolute Gasteiger partial charge is 0.336 e. The topological polar surface area (TPSA) is 16.6 Å². The van der Waals surface area contributed by atoms with Gasteiger partial charge in [-0.25, -0.2) is 0 Å². The summed E-state index contributed by atoms with van der Waals surface area (Å²) in [6.07, 6.45) is 9.00. The highest BCUT2D eigenvalue weighted by Gasteiger charge is 1.85. The molecule has 0 radical (unpaired) electrons. The molecule has 0 rings (SSSR count). The first-order valence-electron chi connectivity index (χ1n) is 3.67. The summed E-state index contributed by atoms with van der Waals surface area (Å²) in [4.78, 5) is 0. The zero-order valence-electron chi connectivity index (χ0n) is 6.19. The van der Waals surface area contributed by atoms with E-state index in [0.29, 0.717) is 0 Å². The molecule has 0 atom stereocenters. The predicted octanol–water partition coefficient (Wildman–Crippen LogP) is 0.373. The average Bonchev–Trinajstić information content (AvgIpc) is 1.89. The maximum absolute atomic E-state index is 5.06. The molecular weight excluding hydrogens is 110 g/mol. The van der Waals surface area contributed by atoms with Gasteiger partial charge in [-0.2, -0.15) is 0 Å². The van der Waals surface area contributed by atoms with E-state index in [4.69, 9.17) is 6.42 Å². The summed E-state index contributed by atoms with van der Waals surface area (Å²) in [6.45, 7) is 4.24. The van der Waals surface area contributed by atoms with Gasteiger partial charge in [-0.15, -0.1) is 6.42 Å². The molecule has 0 aliphatic carbocycles. The molecule has 52 valence electrons. The van der Waals surface area contributed by atoms with E-state index in [1.807, 2.05) is 0 Å². The highest BCUT2D eigenvalue weighted by atomic mass is 14.8. The first-order chi connectivity index (χ1) is 4.41. The van der Waals surface area contributed by atoms with Crippen LogP contribution in [-0.4, -0.2) is 13.1 Å². The van der Waals surface area contributed by atoms with Gasteiger partial charge >= 0.3 is 0 Å². The van der Waals surface area contributed by atoms with Crippen LogP contribution in [0.3, 0.4) is 0 Å². The Hall–Kier alpha value is -0.480. The van der Waals surface area contributed by atoms with Crippen LogP contribution in [0.4, 0.5) is 0 Å². The molecule has 0 saturated carbocycles. The second-order valence-corrected chi connectivity index (χ2v) is 2.19. The van der Waals surface area contributed by atoms with Crippen molar-refractivity contribution in [2.24, 2.45) is 0 Å². The molecule has 0 unspecified atom stereocenters. The number of hydrogen-bond donors (Lipinski definition) is 1. The van der Waals surface area contributed by atoms with Crippen LogP contribution in [-0.2, 0) is 0 Å². The van der Waals surface area contributed by atoms with Crippen molar-refractivity contribution in [3.63, 3.8) is 0 Å². The van der Waals surface area contributed by atoms with Gasteiger partial charge in [0.15, 0.2) is 0 Å². The lowest BCUT2D eigenvalue weighted by atomic mass is 10.2. The molecule has 0 saturated heterocycles. The van der Waals surface area contributed by atoms with Gasteiger partial charge in [0.05, 0.1) is 6.54 Å². The van der Waals surface area contributed by atoms with E-state index in [0.717, 1.165) is 6.54 Å². The Labute approximate surface area is 57.8 Å². The number of nitrogens with two attached hydrogens (primary N) is 1. The van der Waals surface area contributed by atoms with Gasteiger partial charge in [-0.1, -0.05) is 13.3 Å². The Morgan fingerprint density at radius 2 is 2.22 bits per heavy atom. The van der Waals surface area contributed by atoms with Gasteiger partial charge in [0.1, 0.15) is 6.54 Å². The first-order valence-corrected chi connectivity index (χ1v) is 3.67. The third-order valence-corrected chi connectivity index (χ3v) is 1.27. The van der Waals surface area contributed by atoms with Crippen LogP contribution < -0.4 is 5.32 Å². The standard InChI is InChI=1S/C8H15N/c1-3-5-6-8-9-7-4-2/h2,9H,3,5-8H2,1H3/p+1. The van der Waals surface area contributed by atoms with Gasteiger partial charge < -0.3 is 5.32 Å². The van der Waals surface area contributed by atoms with Crippen LogP contribution in [0.15, 0.2) is 0 Å². The molecule has 1 heteroatoms. The maximum Gasteiger partial charge on any atom is 0.137 e. The summed E-state index contributed by atoms with van der Waals surface area (Å²) in [5.74, 6) is 2.59. The van der Waals surface area contributed by atoms with E-state index in [1.165, 1.54) is 25.8 Å². The molecule has 0 aromatic heterocycles. The Balaban J connectivity index is 2.69. The number of rotatable bonds is 5. The highest BCUT2D eigenvalue weighted by Crippen LogP contribution is 1.88. The van der Waals surface area contributed by atoms with E-state index < -0.39 is 0 Å². The van der Waals surface area contributed by atoms with Crippen molar-refractivity contribution >= 4 is 0 Å². The molecule has 0 aromatic carbocycles. The lowest BCUT2D eigenvalue weighted by molar-refractivity contribution is -0.644. The molecular formula is C8H16N+. The molecule has 0 aromatic rings. The van der Waals surface area contributed by atoms with Crippen molar-refractivity contribution < 1.29 is 5.32 Å². The van der Waals surface area contributed by atoms with Crippen molar-refractivity contribution in [3.05, 3.63) is 0 Å². The number of terminal acetylenes is 1. The Kier molecular flexibility index (Phi) is 7.12. The molecule has 1 nitrogen and oxygen atoms in total. The summed E-state index contributed by atoms with van der Waals surface area (Å²) in [6, 6.07) is 0. The third-order valence-electron chi connectivity index (χ3n) is 1.27. The van der Waals surface area contributed by atoms with Gasteiger partial charge in [-0.3, -0.25) is 0 Å². The maximum atomic E-state index is 5.06. The van der Waals surface area contributed by atoms with Crippen LogP contribution in [0.2, 0.25) is 0 Å². The van der Waals surface area contributed by atoms with E-state index in [1.54, 1.807) is 0 Å². The van der Waals surface area contributed by atoms with Crippen LogP contribution in [0.1, 0.15) is 26.2 Å². The Morgan fingerprint density at radius 1 is 1.44 bits per heavy atom. The highest BCUT2D eigenvalue weighted by molar-refractivity contribution is 4.81. The predicted molar refractivity (Wildman–Crippen MR) is 40.0 cm³/mol. The lowest BCUT2D eigenvalue weighted by Gasteiger charge is -1.94. The van der Waals surface area contributed by atoms with Crippen LogP contribution in [0.25, 0.3) is 0 Å². The molecule has 0 heterocycles. The fraction of sp³-hybridized carbons (Fsp3) is 0.750. The fourth-order valence-corrected chi connectivity index (χ4v) is 0.724. The van der Waals surface area contributed by atoms with E-state index in [9.17, 15) is 0 Å². The van der Waals surface area contributed by atoms with Gasteiger partial charge in [0.2, 0.25) is 0 Å². The minimum absolute atomic E-state index is 0.837. The van der Waals surface area contributed by atoms with E-state index in [2.05, 4.69) is 18.2 Å². The summed E-state index contributed by atoms with van der Waals surface area (Å²) in [7, 11) is 0. The van der Waals surface area contributed by atoms with E-state index >= 15 is 0 Å². The van der Waals surface area contributed by atoms with Crippen molar-refractivity contribution in [1.82, 2.24) is 0 Å². The van der Waals surface area contributed by atoms with Crippen LogP contribution in [0.5, 0.6) is 0 Å². The lowest BCUT2D eigenvalue weighted by Crippen LogP contribution is -2.84. The summed E-state index contributed by atoms with van der Waals surface area (Å²) < 4.78 is 0. The SMILES string of the molecule is C#CC[NH2+]CCCCC. The van der Waals surface area contributed by atoms with Crippen molar-refractivity contribution in [2.75, 3.05) is 13.1 Å². The third kappa shape index (κ3) is 7.52. The van der Waals surface area contributed by atoms with Crippen LogP contribution >= 0.6 is 0 Å². The van der Waals surface area contributed by atoms with Crippen molar-refractivity contribution in [1.29, 1.82) is 0 Å². The molecule has 0 fully saturated rings. The second-order valence-electron chi connectivity index (χ2n) is 2.19. The molecule has 0 amide bonds. The zero-order valence-corrected chi connectivity index (χ0v) is 6.19. The fourth-order valence-electron chi connectivity index (χ4n) is 0.724. The first kappa shape index (κ1) is 8.52. The molecule has 0 aliphatic heterocycles. The van der Waals surface area contributed by atoms with Gasteiger partial charge in [0, 0.05) is 0 Å². The smallest absolute Gasteiger partial charge is 0.137 e. The average molecular weight is 126 g/mol. The van der Waals surface area contributed by atoms with Crippen molar-refractivity contribution in [2.45, 2.75) is 26.2 Å². The number of hydrogen-bond acceptors (Lipinski definition) is 0. The minimum Gasteiger partial charge on any atom is -0.336 e. The van der Waals surface area contributed by atoms with Gasteiger partial charge in [0.25, 0.3) is 0 Å². The Bertz CT molecular complexity index is 81.1. The minimum atomic E-state index is 0.837. The summed E-state index contributed by atoms with van der Waals surface area (Å²) >= 11 is 0. The Morgan fingerprint density at radius 3 is 2.78 bits per heavy atom. The van der Waals surface area contributed by atoms with Crippen molar-refractivity contribution in [3.8, 4) is 12.3 Å². The number of unbranched alkanes of at least 4 members (excludes halogenated alkanes) is 2. The summed E-state index contributed by atoms with van der Waals surface area (Å²) in [5, 5.41) is 2.18. The molecule has 0 spiro atoms. The summed E-state index contributed by atoms with van der Waals surface area (Å²) in [5.41, 5.74) is 0. The normalized spacial score (nSPS) is 8.89. The quantitative estimate of drug-likeness (QED) is 0.405. The molecule has 0 bridgehead atoms. The molecule has 9 heavy (non-hydrogen) atoms. The van der Waals surface area contributed by atoms with Crippen LogP contribution in [0, 0.1) is 12.3 Å². The molecule has 0 aliphatic rings. The second kappa shape index (κ2) is 7.52. The van der Waals surface area contributed by atoms with E-state index in [-0.39, 0.29) is 0 Å². The zero-order chi connectivity index (χ0) is 6.95. The monoisotopic (exact) mass is 126 g/mol. The van der Waals surface area contributed by atoms with Gasteiger partial charge in [-0.05, 0) is 18.8 Å². The molecule has 2 N–H and O–H groups in total.